The maximum absolute atomic E-state index is 12.7. The van der Waals surface area contributed by atoms with E-state index in [9.17, 15) is 62.7 Å². The zero-order valence-electron chi connectivity index (χ0n) is 29.5. The van der Waals surface area contributed by atoms with Gasteiger partial charge in [-0.05, 0) is 6.92 Å². The van der Waals surface area contributed by atoms with Crippen LogP contribution < -0.4 is 16.4 Å². The number of aliphatic hydroxyl groups excluding tert-OH is 2. The Morgan fingerprint density at radius 2 is 1.73 bits per heavy atom. The van der Waals surface area contributed by atoms with Crippen molar-refractivity contribution in [3.63, 3.8) is 0 Å². The highest BCUT2D eigenvalue weighted by Gasteiger charge is 2.50. The Hall–Kier alpha value is -3.23. The quantitative estimate of drug-likeness (QED) is 0.0395. The molecule has 2 unspecified atom stereocenters. The minimum absolute atomic E-state index is 0.0182. The average Bonchev–Trinajstić information content (AvgIpc) is 3.64. The number of aliphatic hydroxyl groups is 2. The number of nitrogens with zero attached hydrogens (tertiary/aromatic N) is 4. The molecule has 30 heteroatoms. The van der Waals surface area contributed by atoms with Crippen molar-refractivity contribution < 1.29 is 90.4 Å². The molecule has 56 heavy (non-hydrogen) atoms. The predicted octanol–water partition coefficient (Wildman–Crippen LogP) is -1.30. The highest BCUT2D eigenvalue weighted by molar-refractivity contribution is 8.14. The van der Waals surface area contributed by atoms with E-state index in [0.717, 1.165) is 35.1 Å². The van der Waals surface area contributed by atoms with E-state index in [4.69, 9.17) is 24.6 Å². The number of nitrogen functional groups attached to an aromatic ring is 1. The number of thioether (sulfide) groups is 1. The summed E-state index contributed by atoms with van der Waals surface area (Å²) in [5, 5.41) is 34.4. The molecule has 3 heterocycles. The Morgan fingerprint density at radius 1 is 1.07 bits per heavy atom. The number of carbonyl (C=O) groups excluding carboxylic acids is 3. The van der Waals surface area contributed by atoms with E-state index in [1.54, 1.807) is 0 Å². The van der Waals surface area contributed by atoms with Crippen LogP contribution in [0.15, 0.2) is 24.3 Å². The lowest BCUT2D eigenvalue weighted by Crippen LogP contribution is -2.46. The number of carboxylic acid groups (broad SMARTS) is 1. The van der Waals surface area contributed by atoms with Crippen LogP contribution in [0.3, 0.4) is 0 Å². The van der Waals surface area contributed by atoms with Crippen LogP contribution in [0.1, 0.15) is 33.4 Å². The third kappa shape index (κ3) is 14.0. The average molecular weight is 880 g/mol. The molecule has 0 spiro atoms. The molecule has 7 atom stereocenters. The summed E-state index contributed by atoms with van der Waals surface area (Å²) in [5.41, 5.74) is 4.04. The topological polar surface area (TPSA) is 401 Å². The summed E-state index contributed by atoms with van der Waals surface area (Å²) in [6, 6.07) is 0. The number of phosphoric ester groups is 3. The number of carbonyl (C=O) groups is 4. The number of aliphatic carboxylic acids is 1. The monoisotopic (exact) mass is 879 g/mol. The summed E-state index contributed by atoms with van der Waals surface area (Å²) in [7, 11) is -16.4. The van der Waals surface area contributed by atoms with Gasteiger partial charge in [-0.25, -0.2) is 33.4 Å². The van der Waals surface area contributed by atoms with Crippen LogP contribution in [-0.4, -0.2) is 134 Å². The summed E-state index contributed by atoms with van der Waals surface area (Å²) >= 11 is 0.776. The van der Waals surface area contributed by atoms with E-state index in [-0.39, 0.29) is 47.8 Å². The van der Waals surface area contributed by atoms with Crippen LogP contribution in [0.25, 0.3) is 11.2 Å². The molecule has 1 aliphatic heterocycles. The molecule has 2 amide bonds. The van der Waals surface area contributed by atoms with Gasteiger partial charge < -0.3 is 56.0 Å². The Bertz CT molecular complexity index is 1940. The van der Waals surface area contributed by atoms with Gasteiger partial charge in [-0.2, -0.15) is 4.31 Å². The molecule has 0 bridgehead atoms. The second kappa shape index (κ2) is 19.5. The van der Waals surface area contributed by atoms with Crippen molar-refractivity contribution in [2.24, 2.45) is 5.41 Å². The molecule has 1 aliphatic rings. The van der Waals surface area contributed by atoms with E-state index in [1.807, 2.05) is 0 Å². The zero-order chi connectivity index (χ0) is 42.2. The molecular formula is C26H40N7O19P3S. The smallest absolute Gasteiger partial charge is 0.478 e. The highest BCUT2D eigenvalue weighted by atomic mass is 32.2. The Morgan fingerprint density at radius 3 is 2.38 bits per heavy atom. The van der Waals surface area contributed by atoms with Crippen molar-refractivity contribution in [2.45, 2.75) is 57.8 Å². The number of nitrogens with two attached hydrogens (primary N) is 1. The van der Waals surface area contributed by atoms with Gasteiger partial charge in [-0.1, -0.05) is 25.6 Å². The number of fused-ring (bicyclic) bond motifs is 1. The molecule has 0 aliphatic carbocycles. The lowest BCUT2D eigenvalue weighted by Gasteiger charge is -2.30. The Balaban J connectivity index is 1.49. The van der Waals surface area contributed by atoms with Crippen LogP contribution in [0.5, 0.6) is 0 Å². The van der Waals surface area contributed by atoms with Crippen LogP contribution in [0, 0.1) is 5.41 Å². The number of hydrogen-bond acceptors (Lipinski definition) is 19. The first-order valence-electron chi connectivity index (χ1n) is 15.8. The minimum atomic E-state index is -5.59. The molecular weight excluding hydrogens is 839 g/mol. The first kappa shape index (κ1) is 47.1. The van der Waals surface area contributed by atoms with Crippen molar-refractivity contribution in [1.82, 2.24) is 30.2 Å². The fourth-order valence-electron chi connectivity index (χ4n) is 4.56. The van der Waals surface area contributed by atoms with Crippen molar-refractivity contribution in [3.8, 4) is 0 Å². The summed E-state index contributed by atoms with van der Waals surface area (Å²) < 4.78 is 61.9. The largest absolute Gasteiger partial charge is 0.481 e. The number of ether oxygens (including phenoxy) is 1. The summed E-state index contributed by atoms with van der Waals surface area (Å²) in [6.45, 7) is 1.40. The van der Waals surface area contributed by atoms with Gasteiger partial charge in [-0.3, -0.25) is 32.5 Å². The number of carboxylic acids is 1. The standard InChI is InChI=1S/C26H40N7O19P3S/c1-13(25(39)40)8-16(35)56-7-6-28-15(34)4-5-29-23(38)20(37)26(2,3)10-49-55(46,47)52-54(44,45)48-9-14-19(51-53(41,42)43)18(36)24(50-14)33-12-32-17-21(27)30-11-31-22(17)33/h8,11-12,14,18-20,24,36-37H,4-7,9-10H2,1-3H3,(H,28,34)(H,29,38)(H,39,40)(H,44,45)(H,46,47)(H2,27,30,31)(H2,41,42,43)/t14-,18-,19-,20+,24-/m1/s1. The normalized spacial score (nSPS) is 21.9. The van der Waals surface area contributed by atoms with Gasteiger partial charge in [0.25, 0.3) is 0 Å². The van der Waals surface area contributed by atoms with Gasteiger partial charge in [0.15, 0.2) is 17.7 Å². The van der Waals surface area contributed by atoms with Gasteiger partial charge in [-0.15, -0.1) is 0 Å². The van der Waals surface area contributed by atoms with Crippen molar-refractivity contribution in [1.29, 1.82) is 0 Å². The number of aromatic nitrogens is 4. The highest BCUT2D eigenvalue weighted by Crippen LogP contribution is 2.61. The van der Waals surface area contributed by atoms with Gasteiger partial charge in [0, 0.05) is 42.3 Å². The minimum Gasteiger partial charge on any atom is -0.478 e. The number of amides is 2. The van der Waals surface area contributed by atoms with Gasteiger partial charge >= 0.3 is 29.4 Å². The summed E-state index contributed by atoms with van der Waals surface area (Å²) in [6.07, 6.45) is -6.18. The second-order valence-corrected chi connectivity index (χ2v) is 17.7. The molecule has 11 N–H and O–H groups in total. The van der Waals surface area contributed by atoms with E-state index in [0.29, 0.717) is 0 Å². The third-order valence-electron chi connectivity index (χ3n) is 7.42. The van der Waals surface area contributed by atoms with Crippen molar-refractivity contribution in [3.05, 3.63) is 24.3 Å². The van der Waals surface area contributed by atoms with Crippen LogP contribution >= 0.6 is 35.2 Å². The molecule has 26 nitrogen and oxygen atoms in total. The lowest BCUT2D eigenvalue weighted by molar-refractivity contribution is -0.137. The number of rotatable bonds is 21. The second-order valence-electron chi connectivity index (χ2n) is 12.4. The SMILES string of the molecule is CC(=CC(=O)SCCNC(=O)CCNC(=O)[C@H](O)C(C)(C)COP(=O)(O)OP(=O)(O)OC[C@H]1O[C@@H](n2cnc3c(N)ncnc32)[C@H](O)[C@@H]1OP(=O)(O)O)C(=O)O. The molecule has 314 valence electrons. The number of phosphoric acid groups is 3. The van der Waals surface area contributed by atoms with E-state index in [2.05, 4.69) is 34.4 Å². The third-order valence-corrected chi connectivity index (χ3v) is 11.3. The molecule has 2 aromatic heterocycles. The molecule has 1 fully saturated rings. The summed E-state index contributed by atoms with van der Waals surface area (Å²) in [4.78, 5) is 97.8. The maximum Gasteiger partial charge on any atom is 0.481 e. The number of nitrogens with one attached hydrogen (secondary N) is 2. The van der Waals surface area contributed by atoms with Crippen molar-refractivity contribution >= 4 is 75.1 Å². The Labute approximate surface area is 320 Å². The van der Waals surface area contributed by atoms with Crippen LogP contribution in [0.2, 0.25) is 0 Å². The maximum atomic E-state index is 12.7. The van der Waals surface area contributed by atoms with E-state index >= 15 is 0 Å². The van der Waals surface area contributed by atoms with E-state index in [1.165, 1.54) is 20.8 Å². The van der Waals surface area contributed by atoms with E-state index < -0.39 is 95.6 Å². The van der Waals surface area contributed by atoms with Gasteiger partial charge in [0.1, 0.15) is 36.3 Å². The number of hydrogen-bond donors (Lipinski definition) is 10. The van der Waals surface area contributed by atoms with Gasteiger partial charge in [0.2, 0.25) is 16.9 Å². The molecule has 0 saturated carbocycles. The number of anilines is 1. The predicted molar refractivity (Wildman–Crippen MR) is 188 cm³/mol. The molecule has 2 aromatic rings. The first-order valence-corrected chi connectivity index (χ1v) is 21.3. The molecule has 1 saturated heterocycles. The first-order chi connectivity index (χ1) is 25.8. The fourth-order valence-corrected chi connectivity index (χ4v) is 8.06. The Kier molecular flexibility index (Phi) is 16.4. The molecule has 0 aromatic carbocycles. The lowest BCUT2D eigenvalue weighted by atomic mass is 9.87. The molecule has 3 rings (SSSR count). The fraction of sp³-hybridized carbons (Fsp3) is 0.577. The number of imidazole rings is 1. The van der Waals surface area contributed by atoms with Crippen LogP contribution in [0.4, 0.5) is 5.82 Å². The van der Waals surface area contributed by atoms with Gasteiger partial charge in [0.05, 0.1) is 19.5 Å². The van der Waals surface area contributed by atoms with Crippen molar-refractivity contribution in [2.75, 3.05) is 37.8 Å². The van der Waals surface area contributed by atoms with Crippen LogP contribution in [-0.2, 0) is 55.5 Å². The summed E-state index contributed by atoms with van der Waals surface area (Å²) in [5.74, 6) is -2.72. The zero-order valence-corrected chi connectivity index (χ0v) is 33.0. The molecule has 0 radical (unpaired) electrons.